The molecule has 0 bridgehead atoms. The van der Waals surface area contributed by atoms with Crippen LogP contribution in [0.3, 0.4) is 0 Å². The van der Waals surface area contributed by atoms with Crippen molar-refractivity contribution < 1.29 is 24.2 Å². The van der Waals surface area contributed by atoms with Gasteiger partial charge < -0.3 is 19.5 Å². The number of aliphatic hydroxyl groups is 1. The number of likely N-dealkylation sites (N-methyl/N-ethyl adjacent to an activating group) is 1. The minimum absolute atomic E-state index is 0.0396. The zero-order chi connectivity index (χ0) is 17.9. The first kappa shape index (κ1) is 18.3. The first-order chi connectivity index (χ1) is 11.2. The van der Waals surface area contributed by atoms with Crippen LogP contribution in [-0.2, 0) is 9.53 Å². The molecular formula is C18H25NO5. The first-order valence-electron chi connectivity index (χ1n) is 8.09. The van der Waals surface area contributed by atoms with Gasteiger partial charge in [-0.25, -0.2) is 4.79 Å². The number of carbonyl (C=O) groups is 2. The number of aliphatic hydroxyl groups excluding tert-OH is 1. The highest BCUT2D eigenvalue weighted by Gasteiger charge is 2.31. The average molecular weight is 335 g/mol. The fourth-order valence-corrected chi connectivity index (χ4v) is 2.06. The van der Waals surface area contributed by atoms with Gasteiger partial charge in [0.25, 0.3) is 0 Å². The van der Waals surface area contributed by atoms with Gasteiger partial charge in [0, 0.05) is 7.05 Å². The van der Waals surface area contributed by atoms with Crippen LogP contribution < -0.4 is 4.74 Å². The maximum atomic E-state index is 11.9. The summed E-state index contributed by atoms with van der Waals surface area (Å²) in [6.45, 7) is 5.47. The Morgan fingerprint density at radius 2 is 1.83 bits per heavy atom. The summed E-state index contributed by atoms with van der Waals surface area (Å²) in [5.41, 5.74) is 0.0558. The van der Waals surface area contributed by atoms with E-state index in [-0.39, 0.29) is 18.4 Å². The van der Waals surface area contributed by atoms with Crippen LogP contribution in [0.25, 0.3) is 0 Å². The second kappa shape index (κ2) is 7.21. The Hall–Kier alpha value is -2.08. The maximum absolute atomic E-state index is 11.9. The molecule has 0 radical (unpaired) electrons. The van der Waals surface area contributed by atoms with Crippen LogP contribution in [0.15, 0.2) is 24.3 Å². The standard InChI is InChI=1S/C18H25NO5/c1-18(2,3)24-17(22)19(4)11-15(20)12-7-9-14(10-8-12)23-16(21)13-5-6-13/h7-10,13,15,20H,5-6,11H2,1-4H3. The van der Waals surface area contributed by atoms with Crippen LogP contribution in [-0.4, -0.2) is 41.3 Å². The molecule has 24 heavy (non-hydrogen) atoms. The van der Waals surface area contributed by atoms with Gasteiger partial charge in [-0.3, -0.25) is 4.79 Å². The first-order valence-corrected chi connectivity index (χ1v) is 8.09. The molecule has 0 saturated heterocycles. The summed E-state index contributed by atoms with van der Waals surface area (Å²) in [6.07, 6.45) is 0.450. The van der Waals surface area contributed by atoms with E-state index in [0.717, 1.165) is 12.8 Å². The molecule has 1 aromatic rings. The van der Waals surface area contributed by atoms with Gasteiger partial charge in [0.05, 0.1) is 18.6 Å². The Morgan fingerprint density at radius 3 is 2.33 bits per heavy atom. The van der Waals surface area contributed by atoms with Crippen molar-refractivity contribution in [1.29, 1.82) is 0 Å². The monoisotopic (exact) mass is 335 g/mol. The number of carbonyl (C=O) groups excluding carboxylic acids is 2. The van der Waals surface area contributed by atoms with Crippen LogP contribution in [0, 0.1) is 5.92 Å². The van der Waals surface area contributed by atoms with E-state index in [0.29, 0.717) is 11.3 Å². The topological polar surface area (TPSA) is 76.1 Å². The lowest BCUT2D eigenvalue weighted by Gasteiger charge is -2.26. The van der Waals surface area contributed by atoms with Crippen LogP contribution in [0.5, 0.6) is 5.75 Å². The largest absolute Gasteiger partial charge is 0.444 e. The van der Waals surface area contributed by atoms with E-state index in [2.05, 4.69) is 0 Å². The van der Waals surface area contributed by atoms with E-state index < -0.39 is 17.8 Å². The number of hydrogen-bond donors (Lipinski definition) is 1. The molecule has 132 valence electrons. The molecule has 6 heteroatoms. The van der Waals surface area contributed by atoms with Gasteiger partial charge in [0.1, 0.15) is 11.4 Å². The Labute approximate surface area is 142 Å². The third-order valence-electron chi connectivity index (χ3n) is 3.55. The lowest BCUT2D eigenvalue weighted by Crippen LogP contribution is -2.36. The lowest BCUT2D eigenvalue weighted by molar-refractivity contribution is -0.135. The quantitative estimate of drug-likeness (QED) is 0.661. The number of esters is 1. The SMILES string of the molecule is CN(CC(O)c1ccc(OC(=O)C2CC2)cc1)C(=O)OC(C)(C)C. The summed E-state index contributed by atoms with van der Waals surface area (Å²) >= 11 is 0. The Kier molecular flexibility index (Phi) is 5.49. The molecule has 0 heterocycles. The van der Waals surface area contributed by atoms with Crippen molar-refractivity contribution in [1.82, 2.24) is 4.90 Å². The Bertz CT molecular complexity index is 586. The number of hydrogen-bond acceptors (Lipinski definition) is 5. The van der Waals surface area contributed by atoms with Crippen LogP contribution in [0.2, 0.25) is 0 Å². The third-order valence-corrected chi connectivity index (χ3v) is 3.55. The molecular weight excluding hydrogens is 310 g/mol. The maximum Gasteiger partial charge on any atom is 0.410 e. The molecule has 1 aromatic carbocycles. The molecule has 6 nitrogen and oxygen atoms in total. The number of ether oxygens (including phenoxy) is 2. The number of benzene rings is 1. The molecule has 1 N–H and O–H groups in total. The lowest BCUT2D eigenvalue weighted by atomic mass is 10.1. The van der Waals surface area contributed by atoms with Gasteiger partial charge in [-0.15, -0.1) is 0 Å². The minimum atomic E-state index is -0.851. The number of amides is 1. The number of nitrogens with zero attached hydrogens (tertiary/aromatic N) is 1. The smallest absolute Gasteiger partial charge is 0.410 e. The Balaban J connectivity index is 1.88. The fourth-order valence-electron chi connectivity index (χ4n) is 2.06. The van der Waals surface area contributed by atoms with E-state index in [1.54, 1.807) is 52.1 Å². The van der Waals surface area contributed by atoms with E-state index >= 15 is 0 Å². The summed E-state index contributed by atoms with van der Waals surface area (Å²) in [5.74, 6) is 0.300. The summed E-state index contributed by atoms with van der Waals surface area (Å²) in [7, 11) is 1.57. The second-order valence-electron chi connectivity index (χ2n) is 7.14. The number of rotatable bonds is 5. The van der Waals surface area contributed by atoms with E-state index in [9.17, 15) is 14.7 Å². The van der Waals surface area contributed by atoms with E-state index in [1.165, 1.54) is 4.90 Å². The normalized spacial score (nSPS) is 15.5. The van der Waals surface area contributed by atoms with Crippen molar-refractivity contribution in [2.45, 2.75) is 45.3 Å². The van der Waals surface area contributed by atoms with Gasteiger partial charge in [-0.1, -0.05) is 12.1 Å². The molecule has 1 fully saturated rings. The van der Waals surface area contributed by atoms with Crippen molar-refractivity contribution in [2.24, 2.45) is 5.92 Å². The summed E-state index contributed by atoms with van der Waals surface area (Å²) in [4.78, 5) is 24.8. The predicted octanol–water partition coefficient (Wildman–Crippen LogP) is 2.90. The van der Waals surface area contributed by atoms with Crippen molar-refractivity contribution in [3.05, 3.63) is 29.8 Å². The molecule has 2 rings (SSSR count). The summed E-state index contributed by atoms with van der Waals surface area (Å²) in [6, 6.07) is 6.66. The minimum Gasteiger partial charge on any atom is -0.444 e. The van der Waals surface area contributed by atoms with Crippen LogP contribution >= 0.6 is 0 Å². The summed E-state index contributed by atoms with van der Waals surface area (Å²) in [5, 5.41) is 10.3. The van der Waals surface area contributed by atoms with E-state index in [4.69, 9.17) is 9.47 Å². The molecule has 1 saturated carbocycles. The molecule has 1 unspecified atom stereocenters. The molecule has 1 amide bonds. The highest BCUT2D eigenvalue weighted by Crippen LogP contribution is 2.31. The van der Waals surface area contributed by atoms with Gasteiger partial charge in [0.15, 0.2) is 0 Å². The molecule has 1 aliphatic carbocycles. The van der Waals surface area contributed by atoms with Crippen molar-refractivity contribution in [2.75, 3.05) is 13.6 Å². The van der Waals surface area contributed by atoms with Crippen LogP contribution in [0.4, 0.5) is 4.79 Å². The average Bonchev–Trinajstić information content (AvgIpc) is 3.30. The van der Waals surface area contributed by atoms with Crippen molar-refractivity contribution >= 4 is 12.1 Å². The van der Waals surface area contributed by atoms with Crippen molar-refractivity contribution in [3.8, 4) is 5.75 Å². The molecule has 0 aromatic heterocycles. The zero-order valence-electron chi connectivity index (χ0n) is 14.6. The van der Waals surface area contributed by atoms with Gasteiger partial charge in [-0.2, -0.15) is 0 Å². The molecule has 1 aliphatic rings. The predicted molar refractivity (Wildman–Crippen MR) is 88.6 cm³/mol. The van der Waals surface area contributed by atoms with Gasteiger partial charge in [-0.05, 0) is 51.3 Å². The van der Waals surface area contributed by atoms with Gasteiger partial charge >= 0.3 is 12.1 Å². The summed E-state index contributed by atoms with van der Waals surface area (Å²) < 4.78 is 10.5. The van der Waals surface area contributed by atoms with Crippen molar-refractivity contribution in [3.63, 3.8) is 0 Å². The highest BCUT2D eigenvalue weighted by atomic mass is 16.6. The molecule has 0 aliphatic heterocycles. The molecule has 0 spiro atoms. The Morgan fingerprint density at radius 1 is 1.25 bits per heavy atom. The highest BCUT2D eigenvalue weighted by molar-refractivity contribution is 5.77. The molecule has 1 atom stereocenters. The fraction of sp³-hybridized carbons (Fsp3) is 0.556. The van der Waals surface area contributed by atoms with Crippen LogP contribution in [0.1, 0.15) is 45.3 Å². The second-order valence-corrected chi connectivity index (χ2v) is 7.14. The third kappa shape index (κ3) is 5.53. The van der Waals surface area contributed by atoms with E-state index in [1.807, 2.05) is 0 Å². The zero-order valence-corrected chi connectivity index (χ0v) is 14.6. The van der Waals surface area contributed by atoms with Gasteiger partial charge in [0.2, 0.25) is 0 Å².